The molecule has 8 nitrogen and oxygen atoms in total. The summed E-state index contributed by atoms with van der Waals surface area (Å²) in [6, 6.07) is 15.3. The molecule has 8 heteroatoms. The van der Waals surface area contributed by atoms with Crippen LogP contribution in [0.5, 0.6) is 23.0 Å². The number of esters is 1. The van der Waals surface area contributed by atoms with Crippen molar-refractivity contribution in [1.82, 2.24) is 0 Å². The molecule has 0 saturated heterocycles. The Bertz CT molecular complexity index is 1690. The molecule has 1 aromatic heterocycles. The number of hydrogen-bond acceptors (Lipinski definition) is 8. The lowest BCUT2D eigenvalue weighted by Crippen LogP contribution is -2.25. The number of rotatable bonds is 4. The van der Waals surface area contributed by atoms with Crippen molar-refractivity contribution in [3.05, 3.63) is 99.1 Å². The van der Waals surface area contributed by atoms with Crippen molar-refractivity contribution < 1.29 is 33.0 Å². The summed E-state index contributed by atoms with van der Waals surface area (Å²) in [5.74, 6) is 0.103. The van der Waals surface area contributed by atoms with Gasteiger partial charge in [-0.3, -0.25) is 14.4 Å². The molecule has 3 aromatic carbocycles. The minimum atomic E-state index is -0.739. The number of allylic oxidation sites excluding steroid dienone is 1. The van der Waals surface area contributed by atoms with Crippen LogP contribution in [0.25, 0.3) is 17.0 Å². The first kappa shape index (κ1) is 22.6. The highest BCUT2D eigenvalue weighted by molar-refractivity contribution is 6.15. The number of ether oxygens (including phenoxy) is 4. The van der Waals surface area contributed by atoms with Crippen LogP contribution >= 0.6 is 0 Å². The van der Waals surface area contributed by atoms with Crippen molar-refractivity contribution in [2.24, 2.45) is 0 Å². The Balaban J connectivity index is 1.50. The molecule has 184 valence electrons. The Hall–Kier alpha value is -4.85. The molecule has 1 unspecified atom stereocenters. The van der Waals surface area contributed by atoms with Gasteiger partial charge in [0, 0.05) is 22.6 Å². The Kier molecular flexibility index (Phi) is 5.30. The maximum atomic E-state index is 13.6. The number of carbonyl (C=O) groups is 2. The molecular formula is C29H20O8. The molecule has 0 saturated carbocycles. The SMILES string of the molecule is COc1ccc2occ(C3CC(=O)Oc4ccc5c(c43)OC(=Cc3ccccc3OC)C5=O)c(=O)c2c1. The summed E-state index contributed by atoms with van der Waals surface area (Å²) in [7, 11) is 3.05. The molecule has 4 aromatic rings. The van der Waals surface area contributed by atoms with E-state index in [-0.39, 0.29) is 40.5 Å². The molecule has 0 amide bonds. The fourth-order valence-corrected chi connectivity index (χ4v) is 4.79. The second-order valence-corrected chi connectivity index (χ2v) is 8.65. The molecule has 0 N–H and O–H groups in total. The van der Waals surface area contributed by atoms with Gasteiger partial charge in [0.15, 0.2) is 11.2 Å². The largest absolute Gasteiger partial charge is 0.497 e. The van der Waals surface area contributed by atoms with E-state index < -0.39 is 11.9 Å². The van der Waals surface area contributed by atoms with Gasteiger partial charge in [-0.1, -0.05) is 18.2 Å². The summed E-state index contributed by atoms with van der Waals surface area (Å²) in [4.78, 5) is 39.3. The number of fused-ring (bicyclic) bond motifs is 4. The molecule has 0 radical (unpaired) electrons. The van der Waals surface area contributed by atoms with Crippen molar-refractivity contribution in [1.29, 1.82) is 0 Å². The first-order valence-corrected chi connectivity index (χ1v) is 11.5. The molecule has 0 aliphatic carbocycles. The zero-order valence-corrected chi connectivity index (χ0v) is 19.9. The zero-order valence-electron chi connectivity index (χ0n) is 19.9. The number of hydrogen-bond donors (Lipinski definition) is 0. The molecule has 2 aliphatic heterocycles. The van der Waals surface area contributed by atoms with E-state index in [9.17, 15) is 14.4 Å². The average Bonchev–Trinajstić information content (AvgIpc) is 3.23. The smallest absolute Gasteiger partial charge is 0.312 e. The van der Waals surface area contributed by atoms with Crippen LogP contribution in [0.15, 0.2) is 75.8 Å². The molecule has 6 rings (SSSR count). The monoisotopic (exact) mass is 496 g/mol. The van der Waals surface area contributed by atoms with Crippen LogP contribution in [-0.2, 0) is 4.79 Å². The number of methoxy groups -OCH3 is 2. The van der Waals surface area contributed by atoms with Gasteiger partial charge >= 0.3 is 5.97 Å². The lowest BCUT2D eigenvalue weighted by atomic mass is 9.85. The van der Waals surface area contributed by atoms with Gasteiger partial charge in [-0.25, -0.2) is 0 Å². The van der Waals surface area contributed by atoms with Gasteiger partial charge in [0.1, 0.15) is 28.6 Å². The third kappa shape index (κ3) is 3.65. The molecular weight excluding hydrogens is 476 g/mol. The minimum absolute atomic E-state index is 0.0961. The number of Topliss-reactive ketones (excluding diaryl/α,β-unsaturated/α-hetero) is 1. The molecule has 3 heterocycles. The standard InChI is InChI=1S/C29H20O8/c1-33-16-7-9-22-19(12-16)27(31)20(14-35-22)18-13-25(30)36-23-10-8-17-28(32)24(37-29(17)26(18)23)11-15-5-3-4-6-21(15)34-2/h3-12,14,18H,13H2,1-2H3. The maximum Gasteiger partial charge on any atom is 0.312 e. The molecule has 37 heavy (non-hydrogen) atoms. The van der Waals surface area contributed by atoms with E-state index in [1.807, 2.05) is 12.1 Å². The summed E-state index contributed by atoms with van der Waals surface area (Å²) in [5, 5.41) is 0.318. The van der Waals surface area contributed by atoms with Gasteiger partial charge in [0.05, 0.1) is 37.9 Å². The van der Waals surface area contributed by atoms with E-state index in [1.54, 1.807) is 55.7 Å². The number of carbonyl (C=O) groups excluding carboxylic acids is 2. The zero-order chi connectivity index (χ0) is 25.7. The van der Waals surface area contributed by atoms with Crippen molar-refractivity contribution in [3.8, 4) is 23.0 Å². The number of benzene rings is 3. The van der Waals surface area contributed by atoms with Crippen LogP contribution in [0.1, 0.15) is 39.4 Å². The fraction of sp³-hybridized carbons (Fsp3) is 0.138. The van der Waals surface area contributed by atoms with Crippen molar-refractivity contribution in [3.63, 3.8) is 0 Å². The first-order chi connectivity index (χ1) is 18.0. The predicted octanol–water partition coefficient (Wildman–Crippen LogP) is 4.87. The Labute approximate surface area is 210 Å². The third-order valence-electron chi connectivity index (χ3n) is 6.59. The quantitative estimate of drug-likeness (QED) is 0.224. The van der Waals surface area contributed by atoms with Gasteiger partial charge in [0.25, 0.3) is 0 Å². The summed E-state index contributed by atoms with van der Waals surface area (Å²) < 4.78 is 28.0. The van der Waals surface area contributed by atoms with Crippen LogP contribution in [0.4, 0.5) is 0 Å². The summed E-state index contributed by atoms with van der Waals surface area (Å²) in [5.41, 5.74) is 1.77. The highest BCUT2D eigenvalue weighted by atomic mass is 16.5. The molecule has 2 aliphatic rings. The van der Waals surface area contributed by atoms with Crippen molar-refractivity contribution in [2.75, 3.05) is 14.2 Å². The van der Waals surface area contributed by atoms with Crippen LogP contribution < -0.4 is 24.4 Å². The predicted molar refractivity (Wildman–Crippen MR) is 134 cm³/mol. The average molecular weight is 496 g/mol. The second-order valence-electron chi connectivity index (χ2n) is 8.65. The van der Waals surface area contributed by atoms with Gasteiger partial charge in [-0.05, 0) is 42.5 Å². The molecule has 0 bridgehead atoms. The van der Waals surface area contributed by atoms with E-state index in [4.69, 9.17) is 23.4 Å². The van der Waals surface area contributed by atoms with Crippen LogP contribution in [-0.4, -0.2) is 26.0 Å². The Morgan fingerprint density at radius 2 is 1.78 bits per heavy atom. The summed E-state index contributed by atoms with van der Waals surface area (Å²) >= 11 is 0. The van der Waals surface area contributed by atoms with E-state index in [0.29, 0.717) is 39.2 Å². The Morgan fingerprint density at radius 3 is 2.59 bits per heavy atom. The number of para-hydroxylation sites is 1. The summed E-state index contributed by atoms with van der Waals surface area (Å²) in [6.07, 6.45) is 2.84. The highest BCUT2D eigenvalue weighted by Gasteiger charge is 2.39. The fourth-order valence-electron chi connectivity index (χ4n) is 4.79. The molecule has 0 spiro atoms. The van der Waals surface area contributed by atoms with Gasteiger partial charge in [-0.15, -0.1) is 0 Å². The van der Waals surface area contributed by atoms with Crippen LogP contribution in [0.3, 0.4) is 0 Å². The Morgan fingerprint density at radius 1 is 0.946 bits per heavy atom. The van der Waals surface area contributed by atoms with Crippen molar-refractivity contribution in [2.45, 2.75) is 12.3 Å². The molecule has 1 atom stereocenters. The van der Waals surface area contributed by atoms with Gasteiger partial charge in [-0.2, -0.15) is 0 Å². The minimum Gasteiger partial charge on any atom is -0.497 e. The molecule has 0 fully saturated rings. The van der Waals surface area contributed by atoms with Crippen LogP contribution in [0.2, 0.25) is 0 Å². The lowest BCUT2D eigenvalue weighted by Gasteiger charge is -2.25. The van der Waals surface area contributed by atoms with Gasteiger partial charge < -0.3 is 23.4 Å². The van der Waals surface area contributed by atoms with E-state index in [1.165, 1.54) is 13.4 Å². The third-order valence-corrected chi connectivity index (χ3v) is 6.59. The topological polar surface area (TPSA) is 101 Å². The number of ketones is 1. The lowest BCUT2D eigenvalue weighted by molar-refractivity contribution is -0.135. The maximum absolute atomic E-state index is 13.6. The summed E-state index contributed by atoms with van der Waals surface area (Å²) in [6.45, 7) is 0. The second kappa shape index (κ2) is 8.67. The normalized spacial score (nSPS) is 17.2. The highest BCUT2D eigenvalue weighted by Crippen LogP contribution is 2.48. The first-order valence-electron chi connectivity index (χ1n) is 11.5. The van der Waals surface area contributed by atoms with Gasteiger partial charge in [0.2, 0.25) is 5.78 Å². The van der Waals surface area contributed by atoms with Crippen molar-refractivity contribution >= 4 is 28.8 Å². The van der Waals surface area contributed by atoms with Crippen LogP contribution in [0, 0.1) is 0 Å². The van der Waals surface area contributed by atoms with E-state index >= 15 is 0 Å². The van der Waals surface area contributed by atoms with E-state index in [0.717, 1.165) is 0 Å². The van der Waals surface area contributed by atoms with E-state index in [2.05, 4.69) is 0 Å².